The van der Waals surface area contributed by atoms with Crippen molar-refractivity contribution in [2.75, 3.05) is 7.11 Å². The van der Waals surface area contributed by atoms with Crippen molar-refractivity contribution in [2.24, 2.45) is 0 Å². The Morgan fingerprint density at radius 3 is 2.53 bits per heavy atom. The van der Waals surface area contributed by atoms with Crippen LogP contribution in [-0.4, -0.2) is 29.4 Å². The Balaban J connectivity index is 1.67. The largest absolute Gasteiger partial charge is 0.493 e. The van der Waals surface area contributed by atoms with E-state index in [1.165, 1.54) is 37.5 Å². The first-order valence-electron chi connectivity index (χ1n) is 9.68. The lowest BCUT2D eigenvalue weighted by molar-refractivity contribution is -0.116. The molecule has 0 aliphatic heterocycles. The van der Waals surface area contributed by atoms with Crippen LogP contribution >= 0.6 is 0 Å². The van der Waals surface area contributed by atoms with Crippen LogP contribution in [0.1, 0.15) is 22.5 Å². The van der Waals surface area contributed by atoms with Gasteiger partial charge in [0.1, 0.15) is 5.82 Å². The number of benzene rings is 2. The first-order valence-corrected chi connectivity index (χ1v) is 9.68. The van der Waals surface area contributed by atoms with Crippen LogP contribution < -0.4 is 14.8 Å². The van der Waals surface area contributed by atoms with Gasteiger partial charge in [-0.2, -0.15) is 13.9 Å². The monoisotopic (exact) mass is 445 g/mol. The van der Waals surface area contributed by atoms with Crippen molar-refractivity contribution in [3.63, 3.8) is 0 Å². The number of amides is 1. The summed E-state index contributed by atoms with van der Waals surface area (Å²) < 4.78 is 49.1. The van der Waals surface area contributed by atoms with Crippen LogP contribution in [0.25, 0.3) is 11.8 Å². The standard InChI is InChI=1S/C23H22F3N3O3/c1-14-19(15(2)29(28-14)18-7-5-17(24)6-8-18)9-11-22(30)27-13-16-4-10-20(32-23(25)26)21(12-16)31-3/h4-12,23H,13H2,1-3H3,(H,27,30)/b11-9+. The zero-order valence-electron chi connectivity index (χ0n) is 17.7. The number of aromatic nitrogens is 2. The Morgan fingerprint density at radius 1 is 1.16 bits per heavy atom. The van der Waals surface area contributed by atoms with Crippen LogP contribution in [0.5, 0.6) is 11.5 Å². The van der Waals surface area contributed by atoms with Gasteiger partial charge in [-0.3, -0.25) is 4.79 Å². The molecule has 0 saturated carbocycles. The second kappa shape index (κ2) is 10.0. The van der Waals surface area contributed by atoms with E-state index < -0.39 is 6.61 Å². The summed E-state index contributed by atoms with van der Waals surface area (Å²) in [6, 6.07) is 10.4. The van der Waals surface area contributed by atoms with Crippen LogP contribution in [0.15, 0.2) is 48.5 Å². The molecule has 3 aromatic rings. The molecule has 0 radical (unpaired) electrons. The molecule has 9 heteroatoms. The molecule has 0 spiro atoms. The molecule has 0 aliphatic rings. The smallest absolute Gasteiger partial charge is 0.387 e. The van der Waals surface area contributed by atoms with Crippen molar-refractivity contribution in [3.8, 4) is 17.2 Å². The number of alkyl halides is 2. The highest BCUT2D eigenvalue weighted by Crippen LogP contribution is 2.29. The Kier molecular flexibility index (Phi) is 7.19. The van der Waals surface area contributed by atoms with E-state index in [1.54, 1.807) is 29.0 Å². The van der Waals surface area contributed by atoms with Gasteiger partial charge in [0, 0.05) is 23.9 Å². The van der Waals surface area contributed by atoms with Crippen molar-refractivity contribution in [3.05, 3.63) is 76.9 Å². The van der Waals surface area contributed by atoms with E-state index in [0.29, 0.717) is 11.3 Å². The van der Waals surface area contributed by atoms with E-state index >= 15 is 0 Å². The van der Waals surface area contributed by atoms with E-state index in [9.17, 15) is 18.0 Å². The minimum absolute atomic E-state index is 0.0819. The Morgan fingerprint density at radius 2 is 1.88 bits per heavy atom. The van der Waals surface area contributed by atoms with Gasteiger partial charge < -0.3 is 14.8 Å². The number of rotatable bonds is 8. The summed E-state index contributed by atoms with van der Waals surface area (Å²) >= 11 is 0. The van der Waals surface area contributed by atoms with Crippen molar-refractivity contribution in [2.45, 2.75) is 27.0 Å². The first kappa shape index (κ1) is 22.9. The SMILES string of the molecule is COc1cc(CNC(=O)/C=C/c2c(C)nn(-c3ccc(F)cc3)c2C)ccc1OC(F)F. The lowest BCUT2D eigenvalue weighted by Crippen LogP contribution is -2.20. The summed E-state index contributed by atoms with van der Waals surface area (Å²) in [4.78, 5) is 12.3. The van der Waals surface area contributed by atoms with Gasteiger partial charge in [-0.05, 0) is 61.9 Å². The molecule has 6 nitrogen and oxygen atoms in total. The second-order valence-corrected chi connectivity index (χ2v) is 6.89. The third kappa shape index (κ3) is 5.48. The van der Waals surface area contributed by atoms with Gasteiger partial charge in [-0.1, -0.05) is 6.07 Å². The topological polar surface area (TPSA) is 65.4 Å². The molecule has 1 aromatic heterocycles. The zero-order chi connectivity index (χ0) is 23.3. The van der Waals surface area contributed by atoms with E-state index in [-0.39, 0.29) is 29.8 Å². The average Bonchev–Trinajstić information content (AvgIpc) is 3.05. The third-order valence-corrected chi connectivity index (χ3v) is 4.73. The highest BCUT2D eigenvalue weighted by atomic mass is 19.3. The molecule has 0 bridgehead atoms. The molecule has 0 unspecified atom stereocenters. The molecule has 0 aliphatic carbocycles. The number of hydrogen-bond acceptors (Lipinski definition) is 4. The summed E-state index contributed by atoms with van der Waals surface area (Å²) in [7, 11) is 1.34. The molecule has 3 rings (SSSR count). The van der Waals surface area contributed by atoms with E-state index in [2.05, 4.69) is 15.2 Å². The molecule has 32 heavy (non-hydrogen) atoms. The van der Waals surface area contributed by atoms with Crippen molar-refractivity contribution in [1.29, 1.82) is 0 Å². The quantitative estimate of drug-likeness (QED) is 0.516. The molecule has 1 N–H and O–H groups in total. The maximum absolute atomic E-state index is 13.2. The third-order valence-electron chi connectivity index (χ3n) is 4.73. The predicted molar refractivity (Wildman–Crippen MR) is 114 cm³/mol. The summed E-state index contributed by atoms with van der Waals surface area (Å²) in [6.07, 6.45) is 3.05. The number of methoxy groups -OCH3 is 1. The number of ether oxygens (including phenoxy) is 2. The van der Waals surface area contributed by atoms with Crippen LogP contribution in [0, 0.1) is 19.7 Å². The average molecular weight is 445 g/mol. The van der Waals surface area contributed by atoms with Gasteiger partial charge >= 0.3 is 6.61 Å². The Bertz CT molecular complexity index is 1130. The number of aryl methyl sites for hydroxylation is 1. The summed E-state index contributed by atoms with van der Waals surface area (Å²) in [5.74, 6) is -0.611. The van der Waals surface area contributed by atoms with Crippen LogP contribution in [-0.2, 0) is 11.3 Å². The maximum atomic E-state index is 13.2. The molecule has 168 valence electrons. The molecule has 1 amide bonds. The number of nitrogens with one attached hydrogen (secondary N) is 1. The minimum Gasteiger partial charge on any atom is -0.493 e. The highest BCUT2D eigenvalue weighted by molar-refractivity contribution is 5.92. The van der Waals surface area contributed by atoms with Crippen LogP contribution in [0.4, 0.5) is 13.2 Å². The van der Waals surface area contributed by atoms with E-state index in [0.717, 1.165) is 17.0 Å². The van der Waals surface area contributed by atoms with Gasteiger partial charge in [0.15, 0.2) is 11.5 Å². The fourth-order valence-electron chi connectivity index (χ4n) is 3.15. The zero-order valence-corrected chi connectivity index (χ0v) is 17.7. The Labute approximate surface area is 183 Å². The van der Waals surface area contributed by atoms with E-state index in [4.69, 9.17) is 4.74 Å². The number of hydrogen-bond donors (Lipinski definition) is 1. The molecular formula is C23H22F3N3O3. The normalized spacial score (nSPS) is 11.2. The molecule has 1 heterocycles. The summed E-state index contributed by atoms with van der Waals surface area (Å²) in [5, 5.41) is 7.19. The van der Waals surface area contributed by atoms with Crippen LogP contribution in [0.3, 0.4) is 0 Å². The first-order chi connectivity index (χ1) is 15.3. The lowest BCUT2D eigenvalue weighted by Gasteiger charge is -2.11. The molecule has 2 aromatic carbocycles. The summed E-state index contributed by atoms with van der Waals surface area (Å²) in [5.41, 5.74) is 3.67. The van der Waals surface area contributed by atoms with Crippen molar-refractivity contribution < 1.29 is 27.4 Å². The fraction of sp³-hybridized carbons (Fsp3) is 0.217. The number of carbonyl (C=O) groups excluding carboxylic acids is 1. The molecule has 0 saturated heterocycles. The lowest BCUT2D eigenvalue weighted by atomic mass is 10.1. The molecular weight excluding hydrogens is 423 g/mol. The van der Waals surface area contributed by atoms with Crippen molar-refractivity contribution in [1.82, 2.24) is 15.1 Å². The molecule has 0 atom stereocenters. The highest BCUT2D eigenvalue weighted by Gasteiger charge is 2.13. The minimum atomic E-state index is -2.96. The van der Waals surface area contributed by atoms with Gasteiger partial charge in [0.25, 0.3) is 0 Å². The van der Waals surface area contributed by atoms with Crippen molar-refractivity contribution >= 4 is 12.0 Å². The number of nitrogens with zero attached hydrogens (tertiary/aromatic N) is 2. The molecule has 0 fully saturated rings. The van der Waals surface area contributed by atoms with E-state index in [1.807, 2.05) is 13.8 Å². The van der Waals surface area contributed by atoms with Gasteiger partial charge in [-0.15, -0.1) is 0 Å². The van der Waals surface area contributed by atoms with Gasteiger partial charge in [0.2, 0.25) is 5.91 Å². The predicted octanol–water partition coefficient (Wildman–Crippen LogP) is 4.57. The summed E-state index contributed by atoms with van der Waals surface area (Å²) in [6.45, 7) is 0.885. The maximum Gasteiger partial charge on any atom is 0.387 e. The number of carbonyl (C=O) groups is 1. The van der Waals surface area contributed by atoms with Gasteiger partial charge in [0.05, 0.1) is 18.5 Å². The van der Waals surface area contributed by atoms with Crippen LogP contribution in [0.2, 0.25) is 0 Å². The second-order valence-electron chi connectivity index (χ2n) is 6.89. The number of halogens is 3. The Hall–Kier alpha value is -3.75. The van der Waals surface area contributed by atoms with Gasteiger partial charge in [-0.25, -0.2) is 9.07 Å². The fourth-order valence-corrected chi connectivity index (χ4v) is 3.15.